The van der Waals surface area contributed by atoms with Crippen molar-refractivity contribution in [3.8, 4) is 0 Å². The summed E-state index contributed by atoms with van der Waals surface area (Å²) < 4.78 is 5.67. The molecule has 0 aliphatic carbocycles. The van der Waals surface area contributed by atoms with Gasteiger partial charge in [0.1, 0.15) is 0 Å². The van der Waals surface area contributed by atoms with Gasteiger partial charge in [0.05, 0.1) is 6.10 Å². The van der Waals surface area contributed by atoms with Gasteiger partial charge >= 0.3 is 0 Å². The minimum Gasteiger partial charge on any atom is -0.377 e. The van der Waals surface area contributed by atoms with E-state index in [4.69, 9.17) is 10.5 Å². The number of aryl methyl sites for hydroxylation is 1. The highest BCUT2D eigenvalue weighted by Gasteiger charge is 2.30. The molecule has 19 heavy (non-hydrogen) atoms. The highest BCUT2D eigenvalue weighted by Crippen LogP contribution is 2.40. The Morgan fingerprint density at radius 1 is 1.37 bits per heavy atom. The van der Waals surface area contributed by atoms with E-state index in [-0.39, 0.29) is 6.04 Å². The smallest absolute Gasteiger partial charge is 0.0666 e. The molecule has 4 atom stereocenters. The molecule has 1 saturated heterocycles. The zero-order valence-corrected chi connectivity index (χ0v) is 13.0. The first-order chi connectivity index (χ1) is 9.11. The Balaban J connectivity index is 2.13. The van der Waals surface area contributed by atoms with E-state index in [1.165, 1.54) is 11.1 Å². The van der Waals surface area contributed by atoms with Gasteiger partial charge in [-0.15, -0.1) is 11.8 Å². The number of thioether (sulfide) groups is 1. The van der Waals surface area contributed by atoms with Crippen molar-refractivity contribution < 1.29 is 4.74 Å². The van der Waals surface area contributed by atoms with Crippen LogP contribution in [0.25, 0.3) is 0 Å². The van der Waals surface area contributed by atoms with Crippen molar-refractivity contribution in [1.82, 2.24) is 0 Å². The second kappa shape index (κ2) is 6.78. The minimum absolute atomic E-state index is 0.209. The Morgan fingerprint density at radius 3 is 2.58 bits per heavy atom. The van der Waals surface area contributed by atoms with E-state index < -0.39 is 0 Å². The first kappa shape index (κ1) is 14.9. The summed E-state index contributed by atoms with van der Waals surface area (Å²) in [5, 5.41) is 0.948. The van der Waals surface area contributed by atoms with Crippen LogP contribution < -0.4 is 5.73 Å². The number of nitrogens with two attached hydrogens (primary N) is 1. The third-order valence-corrected chi connectivity index (χ3v) is 5.78. The molecule has 1 heterocycles. The van der Waals surface area contributed by atoms with Crippen molar-refractivity contribution in [2.24, 2.45) is 5.73 Å². The number of ether oxygens (including phenoxy) is 1. The summed E-state index contributed by atoms with van der Waals surface area (Å²) in [6, 6.07) is 9.02. The highest BCUT2D eigenvalue weighted by atomic mass is 32.2. The molecule has 106 valence electrons. The lowest BCUT2D eigenvalue weighted by Crippen LogP contribution is -2.28. The van der Waals surface area contributed by atoms with Crippen molar-refractivity contribution in [2.75, 3.05) is 6.61 Å². The zero-order valence-electron chi connectivity index (χ0n) is 12.1. The second-order valence-electron chi connectivity index (χ2n) is 5.44. The fourth-order valence-electron chi connectivity index (χ4n) is 2.48. The molecule has 2 N–H and O–H groups in total. The summed E-state index contributed by atoms with van der Waals surface area (Å²) >= 11 is 2.00. The Kier molecular flexibility index (Phi) is 5.31. The summed E-state index contributed by atoms with van der Waals surface area (Å²) in [5.41, 5.74) is 9.00. The van der Waals surface area contributed by atoms with Crippen LogP contribution in [0.4, 0.5) is 0 Å². The van der Waals surface area contributed by atoms with Gasteiger partial charge in [0.15, 0.2) is 0 Å². The molecule has 1 aromatic rings. The molecule has 0 amide bonds. The Morgan fingerprint density at radius 2 is 2.05 bits per heavy atom. The van der Waals surface area contributed by atoms with Gasteiger partial charge in [0.25, 0.3) is 0 Å². The predicted octanol–water partition coefficient (Wildman–Crippen LogP) is 3.68. The molecule has 1 aliphatic heterocycles. The van der Waals surface area contributed by atoms with Crippen LogP contribution in [0.2, 0.25) is 0 Å². The molecule has 0 radical (unpaired) electrons. The van der Waals surface area contributed by atoms with Crippen molar-refractivity contribution in [2.45, 2.75) is 56.3 Å². The monoisotopic (exact) mass is 279 g/mol. The van der Waals surface area contributed by atoms with E-state index in [0.717, 1.165) is 19.4 Å². The third-order valence-electron chi connectivity index (χ3n) is 3.89. The maximum Gasteiger partial charge on any atom is 0.0666 e. The first-order valence-electron chi connectivity index (χ1n) is 7.21. The maximum atomic E-state index is 6.35. The Bertz CT molecular complexity index is 392. The van der Waals surface area contributed by atoms with Crippen molar-refractivity contribution in [1.29, 1.82) is 0 Å². The Labute approximate surface area is 121 Å². The van der Waals surface area contributed by atoms with Crippen molar-refractivity contribution in [3.05, 3.63) is 35.4 Å². The van der Waals surface area contributed by atoms with Crippen LogP contribution >= 0.6 is 11.8 Å². The van der Waals surface area contributed by atoms with E-state index in [1.54, 1.807) is 0 Å². The number of hydrogen-bond donors (Lipinski definition) is 1. The molecule has 2 nitrogen and oxygen atoms in total. The summed E-state index contributed by atoms with van der Waals surface area (Å²) in [6.45, 7) is 7.36. The fraction of sp³-hybridized carbons (Fsp3) is 0.625. The van der Waals surface area contributed by atoms with Crippen LogP contribution in [0.3, 0.4) is 0 Å². The summed E-state index contributed by atoms with van der Waals surface area (Å²) in [4.78, 5) is 0. The van der Waals surface area contributed by atoms with Crippen LogP contribution in [0.1, 0.15) is 43.1 Å². The molecule has 0 aromatic heterocycles. The number of benzene rings is 1. The van der Waals surface area contributed by atoms with Crippen LogP contribution in [0, 0.1) is 6.92 Å². The van der Waals surface area contributed by atoms with E-state index in [0.29, 0.717) is 16.6 Å². The van der Waals surface area contributed by atoms with Gasteiger partial charge < -0.3 is 10.5 Å². The minimum atomic E-state index is 0.209. The van der Waals surface area contributed by atoms with E-state index in [1.807, 2.05) is 11.8 Å². The summed E-state index contributed by atoms with van der Waals surface area (Å²) in [6.07, 6.45) is 2.50. The van der Waals surface area contributed by atoms with Crippen LogP contribution in [0.15, 0.2) is 24.3 Å². The molecule has 4 unspecified atom stereocenters. The van der Waals surface area contributed by atoms with Gasteiger partial charge in [-0.1, -0.05) is 36.8 Å². The summed E-state index contributed by atoms with van der Waals surface area (Å²) in [5.74, 6) is 0. The topological polar surface area (TPSA) is 35.2 Å². The average Bonchev–Trinajstić information content (AvgIpc) is 2.82. The molecule has 0 saturated carbocycles. The predicted molar refractivity (Wildman–Crippen MR) is 83.6 cm³/mol. The van der Waals surface area contributed by atoms with Crippen molar-refractivity contribution >= 4 is 11.8 Å². The van der Waals surface area contributed by atoms with Gasteiger partial charge in [-0.2, -0.15) is 0 Å². The zero-order chi connectivity index (χ0) is 13.8. The lowest BCUT2D eigenvalue weighted by atomic mass is 10.0. The lowest BCUT2D eigenvalue weighted by Gasteiger charge is -2.27. The number of rotatable bonds is 5. The van der Waals surface area contributed by atoms with Crippen LogP contribution in [0.5, 0.6) is 0 Å². The third kappa shape index (κ3) is 3.74. The Hall–Kier alpha value is -0.510. The highest BCUT2D eigenvalue weighted by molar-refractivity contribution is 8.00. The van der Waals surface area contributed by atoms with E-state index >= 15 is 0 Å². The molecular formula is C16H25NOS. The van der Waals surface area contributed by atoms with Crippen LogP contribution in [-0.4, -0.2) is 24.0 Å². The molecule has 1 fully saturated rings. The molecule has 1 aromatic carbocycles. The van der Waals surface area contributed by atoms with Gasteiger partial charge in [-0.3, -0.25) is 0 Å². The average molecular weight is 279 g/mol. The molecule has 1 aliphatic rings. The van der Waals surface area contributed by atoms with E-state index in [2.05, 4.69) is 45.0 Å². The molecule has 0 spiro atoms. The number of hydrogen-bond acceptors (Lipinski definition) is 3. The normalized spacial score (nSPS) is 26.3. The van der Waals surface area contributed by atoms with Crippen LogP contribution in [-0.2, 0) is 4.74 Å². The van der Waals surface area contributed by atoms with Gasteiger partial charge in [-0.25, -0.2) is 0 Å². The quantitative estimate of drug-likeness (QED) is 0.893. The standard InChI is InChI=1S/C16H25NOS/c1-4-14(17)16(13-7-5-11(2)6-8-13)19-15-9-10-18-12(15)3/h5-8,12,14-16H,4,9-10,17H2,1-3H3. The SMILES string of the molecule is CCC(N)C(SC1CCOC1C)c1ccc(C)cc1. The van der Waals surface area contributed by atoms with E-state index in [9.17, 15) is 0 Å². The van der Waals surface area contributed by atoms with Gasteiger partial charge in [0.2, 0.25) is 0 Å². The molecule has 2 rings (SSSR count). The van der Waals surface area contributed by atoms with Gasteiger partial charge in [-0.05, 0) is 32.3 Å². The first-order valence-corrected chi connectivity index (χ1v) is 8.15. The molecular weight excluding hydrogens is 254 g/mol. The second-order valence-corrected chi connectivity index (χ2v) is 6.83. The largest absolute Gasteiger partial charge is 0.377 e. The maximum absolute atomic E-state index is 6.35. The molecule has 3 heteroatoms. The van der Waals surface area contributed by atoms with Crippen molar-refractivity contribution in [3.63, 3.8) is 0 Å². The lowest BCUT2D eigenvalue weighted by molar-refractivity contribution is 0.127. The summed E-state index contributed by atoms with van der Waals surface area (Å²) in [7, 11) is 0. The fourth-order valence-corrected chi connectivity index (χ4v) is 4.09. The van der Waals surface area contributed by atoms with Gasteiger partial charge in [0, 0.05) is 23.1 Å². The molecule has 0 bridgehead atoms.